The first-order valence-corrected chi connectivity index (χ1v) is 7.51. The molecule has 0 saturated heterocycles. The van der Waals surface area contributed by atoms with Crippen molar-refractivity contribution in [2.45, 2.75) is 12.3 Å². The molecule has 0 aliphatic heterocycles. The van der Waals surface area contributed by atoms with Crippen LogP contribution in [0.3, 0.4) is 0 Å². The van der Waals surface area contributed by atoms with E-state index in [0.29, 0.717) is 17.7 Å². The van der Waals surface area contributed by atoms with Crippen molar-refractivity contribution in [2.75, 3.05) is 11.9 Å². The number of hydrogen-bond donors (Lipinski definition) is 1. The van der Waals surface area contributed by atoms with E-state index in [1.165, 1.54) is 29.2 Å². The molecule has 2 atom stereocenters. The Morgan fingerprint density at radius 2 is 1.79 bits per heavy atom. The third-order valence-corrected chi connectivity index (χ3v) is 4.36. The van der Waals surface area contributed by atoms with Gasteiger partial charge in [0.05, 0.1) is 0 Å². The van der Waals surface area contributed by atoms with E-state index in [2.05, 4.69) is 0 Å². The van der Waals surface area contributed by atoms with Crippen molar-refractivity contribution >= 4 is 17.5 Å². The first-order chi connectivity index (χ1) is 11.4. The largest absolute Gasteiger partial charge is 0.366 e. The van der Waals surface area contributed by atoms with Crippen LogP contribution in [-0.2, 0) is 4.79 Å². The first-order valence-electron chi connectivity index (χ1n) is 7.51. The monoisotopic (exact) mass is 330 g/mol. The number of carbonyl (C=O) groups is 2. The number of hydrogen-bond acceptors (Lipinski definition) is 2. The van der Waals surface area contributed by atoms with Gasteiger partial charge in [0.15, 0.2) is 11.6 Å². The highest BCUT2D eigenvalue weighted by Crippen LogP contribution is 2.49. The standard InChI is InChI=1S/C18H16F2N2O2/c1-22(11-7-5-10(6-8-11)17(21)23)18(24)14-9-13(14)12-3-2-4-15(19)16(12)20/h2-8,13-14H,9H2,1H3,(H2,21,23). The van der Waals surface area contributed by atoms with Crippen molar-refractivity contribution in [2.24, 2.45) is 11.7 Å². The molecule has 3 rings (SSSR count). The van der Waals surface area contributed by atoms with Crippen molar-refractivity contribution in [3.8, 4) is 0 Å². The Labute approximate surface area is 137 Å². The summed E-state index contributed by atoms with van der Waals surface area (Å²) in [5, 5.41) is 0. The van der Waals surface area contributed by atoms with Crippen LogP contribution in [0.25, 0.3) is 0 Å². The van der Waals surface area contributed by atoms with Crippen LogP contribution >= 0.6 is 0 Å². The van der Waals surface area contributed by atoms with Crippen molar-refractivity contribution in [3.63, 3.8) is 0 Å². The molecule has 0 spiro atoms. The SMILES string of the molecule is CN(C(=O)C1CC1c1cccc(F)c1F)c1ccc(C(N)=O)cc1. The Kier molecular flexibility index (Phi) is 4.05. The Morgan fingerprint density at radius 3 is 2.42 bits per heavy atom. The number of anilines is 1. The second kappa shape index (κ2) is 6.03. The third kappa shape index (κ3) is 2.87. The molecular formula is C18H16F2N2O2. The van der Waals surface area contributed by atoms with Gasteiger partial charge in [-0.15, -0.1) is 0 Å². The molecule has 0 radical (unpaired) electrons. The summed E-state index contributed by atoms with van der Waals surface area (Å²) in [4.78, 5) is 25.0. The molecule has 1 fully saturated rings. The summed E-state index contributed by atoms with van der Waals surface area (Å²) >= 11 is 0. The van der Waals surface area contributed by atoms with Gasteiger partial charge in [0.1, 0.15) is 0 Å². The summed E-state index contributed by atoms with van der Waals surface area (Å²) in [6.45, 7) is 0. The van der Waals surface area contributed by atoms with Gasteiger partial charge in [0, 0.05) is 24.2 Å². The molecule has 1 aliphatic carbocycles. The van der Waals surface area contributed by atoms with Gasteiger partial charge < -0.3 is 10.6 Å². The minimum Gasteiger partial charge on any atom is -0.366 e. The van der Waals surface area contributed by atoms with Crippen molar-refractivity contribution in [3.05, 3.63) is 65.2 Å². The molecule has 124 valence electrons. The fraction of sp³-hybridized carbons (Fsp3) is 0.222. The molecule has 1 aliphatic rings. The maximum Gasteiger partial charge on any atom is 0.248 e. The molecule has 2 aromatic carbocycles. The number of nitrogens with two attached hydrogens (primary N) is 1. The minimum absolute atomic E-state index is 0.171. The van der Waals surface area contributed by atoms with Gasteiger partial charge in [0.2, 0.25) is 11.8 Å². The zero-order valence-electron chi connectivity index (χ0n) is 13.0. The number of nitrogens with zero attached hydrogens (tertiary/aromatic N) is 1. The van der Waals surface area contributed by atoms with Crippen LogP contribution < -0.4 is 10.6 Å². The molecule has 2 N–H and O–H groups in total. The van der Waals surface area contributed by atoms with Gasteiger partial charge >= 0.3 is 0 Å². The highest BCUT2D eigenvalue weighted by atomic mass is 19.2. The third-order valence-electron chi connectivity index (χ3n) is 4.36. The van der Waals surface area contributed by atoms with Crippen LogP contribution in [-0.4, -0.2) is 18.9 Å². The Hall–Kier alpha value is -2.76. The van der Waals surface area contributed by atoms with E-state index in [1.54, 1.807) is 19.2 Å². The topological polar surface area (TPSA) is 63.4 Å². The molecule has 2 amide bonds. The molecule has 0 aromatic heterocycles. The Morgan fingerprint density at radius 1 is 1.12 bits per heavy atom. The van der Waals surface area contributed by atoms with E-state index in [9.17, 15) is 18.4 Å². The summed E-state index contributed by atoms with van der Waals surface area (Å²) in [5.74, 6) is -3.18. The van der Waals surface area contributed by atoms with Crippen LogP contribution in [0.5, 0.6) is 0 Å². The van der Waals surface area contributed by atoms with Crippen molar-refractivity contribution in [1.82, 2.24) is 0 Å². The Balaban J connectivity index is 1.73. The van der Waals surface area contributed by atoms with Crippen LogP contribution in [0.15, 0.2) is 42.5 Å². The lowest BCUT2D eigenvalue weighted by molar-refractivity contribution is -0.119. The molecule has 2 unspecified atom stereocenters. The molecule has 2 aromatic rings. The zero-order chi connectivity index (χ0) is 17.4. The number of halogens is 2. The molecule has 0 heterocycles. The molecule has 4 nitrogen and oxygen atoms in total. The number of primary amides is 1. The predicted molar refractivity (Wildman–Crippen MR) is 85.6 cm³/mol. The number of carbonyl (C=O) groups excluding carboxylic acids is 2. The fourth-order valence-electron chi connectivity index (χ4n) is 2.84. The summed E-state index contributed by atoms with van der Waals surface area (Å²) in [7, 11) is 1.61. The molecular weight excluding hydrogens is 314 g/mol. The van der Waals surface area contributed by atoms with Crippen molar-refractivity contribution < 1.29 is 18.4 Å². The smallest absolute Gasteiger partial charge is 0.248 e. The summed E-state index contributed by atoms with van der Waals surface area (Å²) in [6, 6.07) is 10.3. The molecule has 24 heavy (non-hydrogen) atoms. The van der Waals surface area contributed by atoms with E-state index in [-0.39, 0.29) is 23.3 Å². The molecule has 0 bridgehead atoms. The minimum atomic E-state index is -0.902. The predicted octanol–water partition coefficient (Wildman–Crippen LogP) is 2.83. The maximum atomic E-state index is 13.8. The normalized spacial score (nSPS) is 19.0. The highest BCUT2D eigenvalue weighted by Gasteiger charge is 2.46. The van der Waals surface area contributed by atoms with Gasteiger partial charge in [-0.2, -0.15) is 0 Å². The average molecular weight is 330 g/mol. The van der Waals surface area contributed by atoms with Crippen LogP contribution in [0, 0.1) is 17.6 Å². The zero-order valence-corrected chi connectivity index (χ0v) is 13.0. The maximum absolute atomic E-state index is 13.8. The molecule has 6 heteroatoms. The summed E-state index contributed by atoms with van der Waals surface area (Å²) in [5.41, 5.74) is 6.38. The van der Waals surface area contributed by atoms with E-state index >= 15 is 0 Å². The summed E-state index contributed by atoms with van der Waals surface area (Å²) < 4.78 is 27.1. The highest BCUT2D eigenvalue weighted by molar-refractivity contribution is 5.98. The van der Waals surface area contributed by atoms with Gasteiger partial charge in [0.25, 0.3) is 0 Å². The lowest BCUT2D eigenvalue weighted by atomic mass is 10.1. The summed E-state index contributed by atoms with van der Waals surface area (Å²) in [6.07, 6.45) is 0.489. The van der Waals surface area contributed by atoms with E-state index in [4.69, 9.17) is 5.73 Å². The quantitative estimate of drug-likeness (QED) is 0.937. The number of benzene rings is 2. The second-order valence-corrected chi connectivity index (χ2v) is 5.90. The van der Waals surface area contributed by atoms with Crippen LogP contribution in [0.2, 0.25) is 0 Å². The lowest BCUT2D eigenvalue weighted by Gasteiger charge is -2.17. The van der Waals surface area contributed by atoms with Gasteiger partial charge in [-0.1, -0.05) is 12.1 Å². The van der Waals surface area contributed by atoms with E-state index in [0.717, 1.165) is 6.07 Å². The average Bonchev–Trinajstić information content (AvgIpc) is 3.36. The lowest BCUT2D eigenvalue weighted by Crippen LogP contribution is -2.28. The van der Waals surface area contributed by atoms with Crippen LogP contribution in [0.4, 0.5) is 14.5 Å². The number of amides is 2. The van der Waals surface area contributed by atoms with Crippen LogP contribution in [0.1, 0.15) is 28.3 Å². The number of rotatable bonds is 4. The van der Waals surface area contributed by atoms with Gasteiger partial charge in [-0.05, 0) is 48.2 Å². The Bertz CT molecular complexity index is 805. The second-order valence-electron chi connectivity index (χ2n) is 5.90. The fourth-order valence-corrected chi connectivity index (χ4v) is 2.84. The van der Waals surface area contributed by atoms with E-state index < -0.39 is 17.5 Å². The first kappa shape index (κ1) is 16.1. The van der Waals surface area contributed by atoms with Gasteiger partial charge in [-0.3, -0.25) is 9.59 Å². The van der Waals surface area contributed by atoms with E-state index in [1.807, 2.05) is 0 Å². The molecule has 1 saturated carbocycles. The van der Waals surface area contributed by atoms with Gasteiger partial charge in [-0.25, -0.2) is 8.78 Å². The van der Waals surface area contributed by atoms with Crippen molar-refractivity contribution in [1.29, 1.82) is 0 Å².